The SMILES string of the molecule is CCCCCC1(O)CCCNC1. The summed E-state index contributed by atoms with van der Waals surface area (Å²) in [5, 5.41) is 13.3. The zero-order valence-electron chi connectivity index (χ0n) is 8.10. The van der Waals surface area contributed by atoms with Gasteiger partial charge in [0.25, 0.3) is 0 Å². The first-order valence-electron chi connectivity index (χ1n) is 5.20. The Morgan fingerprint density at radius 3 is 2.83 bits per heavy atom. The number of β-amino-alcohol motifs (C(OH)–C–C–N with tert-alkyl or cyclic N) is 1. The standard InChI is InChI=1S/C10H21NO/c1-2-3-4-6-10(12)7-5-8-11-9-10/h11-12H,2-9H2,1H3. The van der Waals surface area contributed by atoms with Gasteiger partial charge in [-0.2, -0.15) is 0 Å². The van der Waals surface area contributed by atoms with Gasteiger partial charge in [-0.3, -0.25) is 0 Å². The molecule has 12 heavy (non-hydrogen) atoms. The van der Waals surface area contributed by atoms with Crippen molar-refractivity contribution in [2.24, 2.45) is 0 Å². The van der Waals surface area contributed by atoms with E-state index >= 15 is 0 Å². The number of rotatable bonds is 4. The van der Waals surface area contributed by atoms with Crippen molar-refractivity contribution in [3.8, 4) is 0 Å². The van der Waals surface area contributed by atoms with Crippen LogP contribution in [-0.4, -0.2) is 23.8 Å². The average Bonchev–Trinajstić information content (AvgIpc) is 2.06. The largest absolute Gasteiger partial charge is 0.389 e. The number of unbranched alkanes of at least 4 members (excludes halogenated alkanes) is 2. The van der Waals surface area contributed by atoms with Crippen LogP contribution in [0.4, 0.5) is 0 Å². The molecule has 0 aromatic heterocycles. The highest BCUT2D eigenvalue weighted by molar-refractivity contribution is 4.84. The van der Waals surface area contributed by atoms with E-state index in [1.54, 1.807) is 0 Å². The molecular formula is C10H21NO. The van der Waals surface area contributed by atoms with Gasteiger partial charge in [0.05, 0.1) is 5.60 Å². The number of hydrogen-bond acceptors (Lipinski definition) is 2. The maximum absolute atomic E-state index is 10.0. The van der Waals surface area contributed by atoms with Crippen LogP contribution in [0.1, 0.15) is 45.4 Å². The first kappa shape index (κ1) is 10.0. The van der Waals surface area contributed by atoms with E-state index in [0.29, 0.717) is 0 Å². The van der Waals surface area contributed by atoms with Crippen LogP contribution < -0.4 is 5.32 Å². The van der Waals surface area contributed by atoms with Gasteiger partial charge in [0.15, 0.2) is 0 Å². The van der Waals surface area contributed by atoms with Gasteiger partial charge in [-0.05, 0) is 25.8 Å². The van der Waals surface area contributed by atoms with Crippen molar-refractivity contribution in [2.75, 3.05) is 13.1 Å². The number of piperidine rings is 1. The molecule has 0 radical (unpaired) electrons. The monoisotopic (exact) mass is 171 g/mol. The van der Waals surface area contributed by atoms with Crippen molar-refractivity contribution in [1.29, 1.82) is 0 Å². The zero-order valence-corrected chi connectivity index (χ0v) is 8.10. The smallest absolute Gasteiger partial charge is 0.0772 e. The van der Waals surface area contributed by atoms with Crippen molar-refractivity contribution in [2.45, 2.75) is 51.0 Å². The Morgan fingerprint density at radius 1 is 1.42 bits per heavy atom. The molecule has 0 saturated carbocycles. The van der Waals surface area contributed by atoms with Gasteiger partial charge in [-0.1, -0.05) is 26.2 Å². The van der Waals surface area contributed by atoms with E-state index in [1.807, 2.05) is 0 Å². The fraction of sp³-hybridized carbons (Fsp3) is 1.00. The highest BCUT2D eigenvalue weighted by Crippen LogP contribution is 2.22. The molecular weight excluding hydrogens is 150 g/mol. The second-order valence-electron chi connectivity index (χ2n) is 3.96. The van der Waals surface area contributed by atoms with Crippen molar-refractivity contribution in [3.05, 3.63) is 0 Å². The lowest BCUT2D eigenvalue weighted by atomic mass is 9.89. The lowest BCUT2D eigenvalue weighted by Gasteiger charge is -2.32. The lowest BCUT2D eigenvalue weighted by molar-refractivity contribution is 0.00643. The van der Waals surface area contributed by atoms with Crippen LogP contribution in [0.15, 0.2) is 0 Å². The maximum Gasteiger partial charge on any atom is 0.0772 e. The van der Waals surface area contributed by atoms with Crippen LogP contribution in [0, 0.1) is 0 Å². The van der Waals surface area contributed by atoms with Gasteiger partial charge in [0.2, 0.25) is 0 Å². The Bertz CT molecular complexity index is 119. The molecule has 1 unspecified atom stereocenters. The van der Waals surface area contributed by atoms with Gasteiger partial charge < -0.3 is 10.4 Å². The van der Waals surface area contributed by atoms with Crippen molar-refractivity contribution in [3.63, 3.8) is 0 Å². The van der Waals surface area contributed by atoms with Crippen molar-refractivity contribution >= 4 is 0 Å². The molecule has 0 aromatic rings. The lowest BCUT2D eigenvalue weighted by Crippen LogP contribution is -2.45. The molecule has 72 valence electrons. The third-order valence-corrected chi connectivity index (χ3v) is 2.70. The van der Waals surface area contributed by atoms with Crippen molar-refractivity contribution < 1.29 is 5.11 Å². The fourth-order valence-corrected chi connectivity index (χ4v) is 1.87. The Kier molecular flexibility index (Phi) is 4.02. The van der Waals surface area contributed by atoms with E-state index in [0.717, 1.165) is 32.4 Å². The van der Waals surface area contributed by atoms with Crippen LogP contribution in [0.2, 0.25) is 0 Å². The highest BCUT2D eigenvalue weighted by Gasteiger charge is 2.27. The Labute approximate surface area is 75.4 Å². The molecule has 0 spiro atoms. The second-order valence-corrected chi connectivity index (χ2v) is 3.96. The van der Waals surface area contributed by atoms with Crippen LogP contribution in [0.3, 0.4) is 0 Å². The van der Waals surface area contributed by atoms with Crippen LogP contribution in [-0.2, 0) is 0 Å². The minimum Gasteiger partial charge on any atom is -0.389 e. The molecule has 0 amide bonds. The molecule has 1 aliphatic rings. The Hall–Kier alpha value is -0.0800. The topological polar surface area (TPSA) is 32.3 Å². The first-order chi connectivity index (χ1) is 5.77. The molecule has 1 heterocycles. The van der Waals surface area contributed by atoms with E-state index in [4.69, 9.17) is 0 Å². The molecule has 1 saturated heterocycles. The minimum absolute atomic E-state index is 0.382. The summed E-state index contributed by atoms with van der Waals surface area (Å²) in [4.78, 5) is 0. The van der Waals surface area contributed by atoms with Gasteiger partial charge in [-0.25, -0.2) is 0 Å². The van der Waals surface area contributed by atoms with Crippen LogP contribution in [0.25, 0.3) is 0 Å². The van der Waals surface area contributed by atoms with Gasteiger partial charge in [-0.15, -0.1) is 0 Å². The summed E-state index contributed by atoms with van der Waals surface area (Å²) < 4.78 is 0. The predicted molar refractivity (Wildman–Crippen MR) is 51.2 cm³/mol. The molecule has 0 bridgehead atoms. The molecule has 0 aromatic carbocycles. The average molecular weight is 171 g/mol. The summed E-state index contributed by atoms with van der Waals surface area (Å²) in [5.74, 6) is 0. The van der Waals surface area contributed by atoms with E-state index in [2.05, 4.69) is 12.2 Å². The van der Waals surface area contributed by atoms with E-state index in [1.165, 1.54) is 19.3 Å². The Morgan fingerprint density at radius 2 is 2.25 bits per heavy atom. The van der Waals surface area contributed by atoms with Crippen LogP contribution in [0.5, 0.6) is 0 Å². The number of aliphatic hydroxyl groups is 1. The number of nitrogens with one attached hydrogen (secondary N) is 1. The summed E-state index contributed by atoms with van der Waals surface area (Å²) in [7, 11) is 0. The third-order valence-electron chi connectivity index (χ3n) is 2.70. The second kappa shape index (κ2) is 4.83. The maximum atomic E-state index is 10.0. The summed E-state index contributed by atoms with van der Waals surface area (Å²) in [5.41, 5.74) is -0.382. The molecule has 1 atom stereocenters. The summed E-state index contributed by atoms with van der Waals surface area (Å²) >= 11 is 0. The van der Waals surface area contributed by atoms with Gasteiger partial charge in [0, 0.05) is 6.54 Å². The van der Waals surface area contributed by atoms with E-state index < -0.39 is 0 Å². The zero-order chi connectivity index (χ0) is 8.86. The summed E-state index contributed by atoms with van der Waals surface area (Å²) in [6.45, 7) is 4.08. The minimum atomic E-state index is -0.382. The molecule has 1 aliphatic heterocycles. The molecule has 1 fully saturated rings. The summed E-state index contributed by atoms with van der Waals surface area (Å²) in [6, 6.07) is 0. The third kappa shape index (κ3) is 3.11. The molecule has 2 N–H and O–H groups in total. The summed E-state index contributed by atoms with van der Waals surface area (Å²) in [6.07, 6.45) is 6.76. The Balaban J connectivity index is 2.17. The fourth-order valence-electron chi connectivity index (χ4n) is 1.87. The highest BCUT2D eigenvalue weighted by atomic mass is 16.3. The molecule has 2 heteroatoms. The van der Waals surface area contributed by atoms with Gasteiger partial charge >= 0.3 is 0 Å². The van der Waals surface area contributed by atoms with Crippen molar-refractivity contribution in [1.82, 2.24) is 5.32 Å². The number of hydrogen-bond donors (Lipinski definition) is 2. The van der Waals surface area contributed by atoms with E-state index in [9.17, 15) is 5.11 Å². The predicted octanol–water partition coefficient (Wildman–Crippen LogP) is 1.68. The molecule has 0 aliphatic carbocycles. The molecule has 1 rings (SSSR count). The van der Waals surface area contributed by atoms with Gasteiger partial charge in [0.1, 0.15) is 0 Å². The molecule has 2 nitrogen and oxygen atoms in total. The quantitative estimate of drug-likeness (QED) is 0.631. The normalized spacial score (nSPS) is 30.5. The first-order valence-corrected chi connectivity index (χ1v) is 5.20. The van der Waals surface area contributed by atoms with Crippen LogP contribution >= 0.6 is 0 Å². The van der Waals surface area contributed by atoms with E-state index in [-0.39, 0.29) is 5.60 Å².